The molecular weight excluding hydrogens is 881 g/mol. The summed E-state index contributed by atoms with van der Waals surface area (Å²) in [4.78, 5) is 15.3. The molecule has 4 aromatic heterocycles. The molecule has 2 atom stereocenters. The predicted octanol–water partition coefficient (Wildman–Crippen LogP) is 14.8. The molecule has 4 nitrogen and oxygen atoms in total. The third kappa shape index (κ3) is 6.58. The van der Waals surface area contributed by atoms with Gasteiger partial charge in [-0.2, -0.15) is 0 Å². The minimum atomic E-state index is -0.583. The maximum atomic E-state index is 5.97. The van der Waals surface area contributed by atoms with Gasteiger partial charge in [-0.1, -0.05) is 123 Å². The van der Waals surface area contributed by atoms with Crippen molar-refractivity contribution in [3.8, 4) is 57.7 Å². The number of rotatable bonds is 10. The van der Waals surface area contributed by atoms with Gasteiger partial charge in [-0.3, -0.25) is 9.97 Å². The molecule has 0 radical (unpaired) electrons. The minimum absolute atomic E-state index is 0.329. The van der Waals surface area contributed by atoms with Crippen LogP contribution < -0.4 is 9.47 Å². The fourth-order valence-corrected chi connectivity index (χ4v) is 13.7. The van der Waals surface area contributed by atoms with Gasteiger partial charge >= 0.3 is 0 Å². The van der Waals surface area contributed by atoms with Gasteiger partial charge in [0, 0.05) is 48.4 Å². The average Bonchev–Trinajstić information content (AvgIpc) is 4.21. The van der Waals surface area contributed by atoms with Gasteiger partial charge in [-0.25, -0.2) is 0 Å². The molecule has 0 aliphatic heterocycles. The van der Waals surface area contributed by atoms with Gasteiger partial charge in [0.15, 0.2) is 0 Å². The van der Waals surface area contributed by atoms with Gasteiger partial charge in [0.05, 0.1) is 22.2 Å². The Morgan fingerprint density at radius 3 is 1.35 bits per heavy atom. The Morgan fingerprint density at radius 2 is 0.884 bits per heavy atom. The molecule has 12 rings (SSSR count). The normalized spacial score (nSPS) is 16.4. The van der Waals surface area contributed by atoms with Gasteiger partial charge < -0.3 is 9.47 Å². The molecule has 332 valence electrons. The second-order valence-electron chi connectivity index (χ2n) is 18.2. The molecule has 2 unspecified atom stereocenters. The quantitative estimate of drug-likeness (QED) is 0.128. The van der Waals surface area contributed by atoms with Crippen LogP contribution in [-0.4, -0.2) is 23.2 Å². The summed E-state index contributed by atoms with van der Waals surface area (Å²) in [6.45, 7) is 9.17. The fourth-order valence-electron chi connectivity index (χ4n) is 11.0. The van der Waals surface area contributed by atoms with E-state index >= 15 is 0 Å². The summed E-state index contributed by atoms with van der Waals surface area (Å²) in [7, 11) is 0. The summed E-state index contributed by atoms with van der Waals surface area (Å²) in [5.74, 6) is 13.5. The molecule has 0 fully saturated rings. The van der Waals surface area contributed by atoms with E-state index in [0.717, 1.165) is 44.4 Å². The first kappa shape index (κ1) is 42.6. The zero-order chi connectivity index (χ0) is 46.7. The molecule has 0 saturated heterocycles. The number of pyridine rings is 2. The average molecular weight is 927 g/mol. The van der Waals surface area contributed by atoms with Crippen molar-refractivity contribution in [3.05, 3.63) is 235 Å². The molecule has 4 heterocycles. The molecule has 0 saturated carbocycles. The Bertz CT molecular complexity index is 3460. The van der Waals surface area contributed by atoms with Gasteiger partial charge in [-0.15, -0.1) is 34.5 Å². The number of aromatic nitrogens is 2. The highest BCUT2D eigenvalue weighted by molar-refractivity contribution is 7.14. The summed E-state index contributed by atoms with van der Waals surface area (Å²) in [5, 5.41) is 4.55. The van der Waals surface area contributed by atoms with Crippen molar-refractivity contribution >= 4 is 44.2 Å². The van der Waals surface area contributed by atoms with E-state index in [1.165, 1.54) is 64.0 Å². The molecule has 2 aliphatic carbocycles. The molecule has 0 amide bonds. The standard InChI is InChI=1S/C63H46N2O2S2/c1-5-7-35-66-47-27-23-41-37-45(25-21-43(41)39-47)62(51-17-11-9-15-49(51)59-53(62)19-13-33-64-59)57-31-29-55(68-57)61(3,4)56-30-32-58(69-56)63(52-18-12-10-16-50(52)60-54(63)20-14-34-65-60)46-26-22-44-40-48(67-36-8-6-2)28-24-42(44)38-46/h9-34,37-40H,35-36H2,1-4H3. The van der Waals surface area contributed by atoms with E-state index in [1.807, 2.05) is 48.9 Å². The molecule has 69 heavy (non-hydrogen) atoms. The molecule has 10 aromatic rings. The van der Waals surface area contributed by atoms with E-state index in [-0.39, 0.29) is 5.41 Å². The molecule has 0 bridgehead atoms. The highest BCUT2D eigenvalue weighted by Crippen LogP contribution is 2.60. The Kier molecular flexibility index (Phi) is 10.4. The minimum Gasteiger partial charge on any atom is -0.481 e. The van der Waals surface area contributed by atoms with Crippen molar-refractivity contribution in [3.63, 3.8) is 0 Å². The summed E-state index contributed by atoms with van der Waals surface area (Å²) >= 11 is 3.83. The zero-order valence-electron chi connectivity index (χ0n) is 38.8. The van der Waals surface area contributed by atoms with Crippen molar-refractivity contribution < 1.29 is 9.47 Å². The zero-order valence-corrected chi connectivity index (χ0v) is 40.4. The second-order valence-corrected chi connectivity index (χ2v) is 20.4. The molecular formula is C63H46N2O2S2. The number of ether oxygens (including phenoxy) is 2. The van der Waals surface area contributed by atoms with Crippen molar-refractivity contribution in [1.82, 2.24) is 9.97 Å². The van der Waals surface area contributed by atoms with E-state index in [4.69, 9.17) is 19.4 Å². The maximum absolute atomic E-state index is 5.97. The summed E-state index contributed by atoms with van der Waals surface area (Å²) in [5.41, 5.74) is 10.2. The first-order valence-electron chi connectivity index (χ1n) is 23.3. The molecule has 2 aliphatic rings. The number of hydrogen-bond acceptors (Lipinski definition) is 6. The maximum Gasteiger partial charge on any atom is 0.149 e. The highest BCUT2D eigenvalue weighted by Gasteiger charge is 2.50. The van der Waals surface area contributed by atoms with Gasteiger partial charge in [-0.05, 0) is 142 Å². The summed E-state index contributed by atoms with van der Waals surface area (Å²) in [6, 6.07) is 62.4. The van der Waals surface area contributed by atoms with Gasteiger partial charge in [0.25, 0.3) is 0 Å². The number of thiophene rings is 2. The number of fused-ring (bicyclic) bond motifs is 8. The monoisotopic (exact) mass is 926 g/mol. The van der Waals surface area contributed by atoms with Crippen LogP contribution in [0.25, 0.3) is 44.1 Å². The number of hydrogen-bond donors (Lipinski definition) is 0. The third-order valence-electron chi connectivity index (χ3n) is 14.2. The summed E-state index contributed by atoms with van der Waals surface area (Å²) < 4.78 is 11.9. The van der Waals surface area contributed by atoms with Crippen LogP contribution in [0, 0.1) is 23.7 Å². The van der Waals surface area contributed by atoms with Gasteiger partial charge in [0.2, 0.25) is 0 Å². The molecule has 6 heteroatoms. The first-order valence-corrected chi connectivity index (χ1v) is 24.9. The van der Waals surface area contributed by atoms with Crippen LogP contribution >= 0.6 is 22.7 Å². The highest BCUT2D eigenvalue weighted by atomic mass is 32.1. The SMILES string of the molecule is CC#CCOc1ccc2cc(C3(c4ccc(C(C)(C)c5ccc(C6(c7ccc8cc(OCC#CC)ccc8c7)c7ccccc7-c7ncccc76)s5)s4)c4ccccc4-c4ncccc43)ccc2c1. The van der Waals surface area contributed by atoms with Gasteiger partial charge in [0.1, 0.15) is 24.7 Å². The molecule has 0 N–H and O–H groups in total. The van der Waals surface area contributed by atoms with Crippen LogP contribution in [0.3, 0.4) is 0 Å². The lowest BCUT2D eigenvalue weighted by Gasteiger charge is -2.33. The fraction of sp³-hybridized carbons (Fsp3) is 0.143. The Balaban J connectivity index is 0.990. The predicted molar refractivity (Wildman–Crippen MR) is 284 cm³/mol. The Morgan fingerprint density at radius 1 is 0.464 bits per heavy atom. The van der Waals surface area contributed by atoms with E-state index in [1.54, 1.807) is 0 Å². The lowest BCUT2D eigenvalue weighted by molar-refractivity contribution is 0.370. The lowest BCUT2D eigenvalue weighted by atomic mass is 9.71. The largest absolute Gasteiger partial charge is 0.481 e. The second kappa shape index (κ2) is 16.8. The van der Waals surface area contributed by atoms with Crippen molar-refractivity contribution in [2.75, 3.05) is 13.2 Å². The topological polar surface area (TPSA) is 44.2 Å². The van der Waals surface area contributed by atoms with E-state index in [0.29, 0.717) is 13.2 Å². The van der Waals surface area contributed by atoms with Crippen LogP contribution in [0.2, 0.25) is 0 Å². The Hall–Kier alpha value is -7.74. The van der Waals surface area contributed by atoms with Crippen LogP contribution in [0.15, 0.2) is 182 Å². The van der Waals surface area contributed by atoms with E-state index < -0.39 is 10.8 Å². The van der Waals surface area contributed by atoms with E-state index in [9.17, 15) is 0 Å². The van der Waals surface area contributed by atoms with Crippen LogP contribution in [0.4, 0.5) is 0 Å². The van der Waals surface area contributed by atoms with Crippen LogP contribution in [0.1, 0.15) is 80.6 Å². The molecule has 0 spiro atoms. The van der Waals surface area contributed by atoms with Crippen molar-refractivity contribution in [1.29, 1.82) is 0 Å². The first-order chi connectivity index (χ1) is 33.8. The smallest absolute Gasteiger partial charge is 0.149 e. The number of nitrogens with zero attached hydrogens (tertiary/aromatic N) is 2. The van der Waals surface area contributed by atoms with Crippen LogP contribution in [0.5, 0.6) is 11.5 Å². The van der Waals surface area contributed by atoms with Crippen molar-refractivity contribution in [2.45, 2.75) is 43.9 Å². The van der Waals surface area contributed by atoms with Crippen LogP contribution in [-0.2, 0) is 16.2 Å². The third-order valence-corrected chi connectivity index (χ3v) is 17.3. The Labute approximate surface area is 411 Å². The summed E-state index contributed by atoms with van der Waals surface area (Å²) in [6.07, 6.45) is 3.85. The van der Waals surface area contributed by atoms with Crippen molar-refractivity contribution in [2.24, 2.45) is 0 Å². The lowest BCUT2D eigenvalue weighted by Crippen LogP contribution is -2.27. The molecule has 6 aromatic carbocycles. The number of benzene rings is 6. The van der Waals surface area contributed by atoms with E-state index in [2.05, 4.69) is 207 Å².